The monoisotopic (exact) mass is 455 g/mol. The van der Waals surface area contributed by atoms with Gasteiger partial charge in [0.25, 0.3) is 0 Å². The number of imidazole rings is 1. The number of hydrogen-bond acceptors (Lipinski definition) is 6. The van der Waals surface area contributed by atoms with Crippen LogP contribution in [0.25, 0.3) is 21.9 Å². The van der Waals surface area contributed by atoms with Gasteiger partial charge in [0.2, 0.25) is 10.0 Å². The zero-order valence-electron chi connectivity index (χ0n) is 18.2. The highest BCUT2D eigenvalue weighted by Crippen LogP contribution is 2.32. The SMILES string of the molecule is COCCc1nc2c(N)nc3ccccc3c2n1CCCCC1(S(N)(=O)=O)C=CC=CC1. The Balaban J connectivity index is 1.63. The van der Waals surface area contributed by atoms with Gasteiger partial charge < -0.3 is 15.0 Å². The molecule has 0 spiro atoms. The maximum Gasteiger partial charge on any atom is 0.218 e. The number of rotatable bonds is 9. The quantitative estimate of drug-likeness (QED) is 0.478. The third kappa shape index (κ3) is 4.15. The third-order valence-electron chi connectivity index (χ3n) is 6.13. The lowest BCUT2D eigenvalue weighted by molar-refractivity contribution is 0.199. The van der Waals surface area contributed by atoms with E-state index in [1.54, 1.807) is 19.3 Å². The highest BCUT2D eigenvalue weighted by molar-refractivity contribution is 7.90. The van der Waals surface area contributed by atoms with Crippen molar-refractivity contribution in [2.45, 2.75) is 43.4 Å². The van der Waals surface area contributed by atoms with E-state index in [1.165, 1.54) is 0 Å². The normalized spacial score (nSPS) is 18.7. The molecule has 32 heavy (non-hydrogen) atoms. The number of unbranched alkanes of at least 4 members (excludes halogenated alkanes) is 1. The Labute approximate surface area is 188 Å². The highest BCUT2D eigenvalue weighted by Gasteiger charge is 2.38. The van der Waals surface area contributed by atoms with Crippen molar-refractivity contribution in [2.75, 3.05) is 19.5 Å². The molecule has 1 aromatic carbocycles. The standard InChI is InChI=1S/C23H29N5O3S/c1-31-16-11-19-27-20-21(17-9-3-4-10-18(17)26-22(20)24)28(19)15-8-7-14-23(32(25,29)30)12-5-2-6-13-23/h2-6,9-10,12H,7-8,11,13-16H2,1H3,(H2,24,26)(H2,25,29,30). The fourth-order valence-corrected chi connectivity index (χ4v) is 5.43. The number of primary sulfonamides is 1. The lowest BCUT2D eigenvalue weighted by Crippen LogP contribution is -2.42. The Hall–Kier alpha value is -2.75. The van der Waals surface area contributed by atoms with Crippen LogP contribution in [0.3, 0.4) is 0 Å². The Morgan fingerprint density at radius 3 is 2.72 bits per heavy atom. The summed E-state index contributed by atoms with van der Waals surface area (Å²) in [5.74, 6) is 1.29. The van der Waals surface area contributed by atoms with Crippen molar-refractivity contribution in [3.05, 3.63) is 54.4 Å². The second-order valence-electron chi connectivity index (χ2n) is 8.19. The molecule has 0 aliphatic heterocycles. The number of nitrogens with two attached hydrogens (primary N) is 2. The molecule has 0 saturated carbocycles. The molecule has 8 nitrogen and oxygen atoms in total. The molecule has 3 aromatic rings. The van der Waals surface area contributed by atoms with Crippen LogP contribution in [-0.4, -0.2) is 41.4 Å². The summed E-state index contributed by atoms with van der Waals surface area (Å²) in [4.78, 5) is 9.29. The molecule has 0 radical (unpaired) electrons. The molecule has 0 fully saturated rings. The lowest BCUT2D eigenvalue weighted by Gasteiger charge is -2.28. The second kappa shape index (κ2) is 9.01. The van der Waals surface area contributed by atoms with Crippen LogP contribution in [-0.2, 0) is 27.7 Å². The van der Waals surface area contributed by atoms with E-state index in [4.69, 9.17) is 20.6 Å². The molecule has 2 heterocycles. The Morgan fingerprint density at radius 1 is 1.19 bits per heavy atom. The van der Waals surface area contributed by atoms with Gasteiger partial charge in [0.1, 0.15) is 16.1 Å². The number of ether oxygens (including phenoxy) is 1. The number of anilines is 1. The number of para-hydroxylation sites is 1. The number of hydrogen-bond donors (Lipinski definition) is 2. The number of allylic oxidation sites excluding steroid dienone is 3. The maximum absolute atomic E-state index is 12.3. The Kier molecular flexibility index (Phi) is 6.32. The fourth-order valence-electron chi connectivity index (χ4n) is 4.41. The third-order valence-corrected chi connectivity index (χ3v) is 7.77. The molecule has 0 bridgehead atoms. The minimum absolute atomic E-state index is 0.405. The van der Waals surface area contributed by atoms with E-state index < -0.39 is 14.8 Å². The van der Waals surface area contributed by atoms with Gasteiger partial charge in [0, 0.05) is 25.5 Å². The Bertz CT molecular complexity index is 1300. The van der Waals surface area contributed by atoms with Gasteiger partial charge in [-0.05, 0) is 31.7 Å². The number of methoxy groups -OCH3 is 1. The van der Waals surface area contributed by atoms with Gasteiger partial charge in [-0.15, -0.1) is 0 Å². The average Bonchev–Trinajstić information content (AvgIpc) is 3.14. The first-order valence-electron chi connectivity index (χ1n) is 10.8. The van der Waals surface area contributed by atoms with Crippen LogP contribution in [0.5, 0.6) is 0 Å². The zero-order valence-corrected chi connectivity index (χ0v) is 19.0. The molecule has 4 rings (SSSR count). The van der Waals surface area contributed by atoms with Gasteiger partial charge in [0.15, 0.2) is 5.82 Å². The molecule has 0 amide bonds. The van der Waals surface area contributed by atoms with Gasteiger partial charge >= 0.3 is 0 Å². The number of fused-ring (bicyclic) bond motifs is 3. The summed E-state index contributed by atoms with van der Waals surface area (Å²) in [6, 6.07) is 7.88. The first-order chi connectivity index (χ1) is 15.4. The summed E-state index contributed by atoms with van der Waals surface area (Å²) in [6.45, 7) is 1.23. The summed E-state index contributed by atoms with van der Waals surface area (Å²) >= 11 is 0. The van der Waals surface area contributed by atoms with Crippen molar-refractivity contribution in [1.29, 1.82) is 0 Å². The van der Waals surface area contributed by atoms with E-state index >= 15 is 0 Å². The molecule has 170 valence electrons. The molecule has 1 aliphatic carbocycles. The predicted octanol–water partition coefficient (Wildman–Crippen LogP) is 3.07. The molecule has 0 saturated heterocycles. The van der Waals surface area contributed by atoms with E-state index in [-0.39, 0.29) is 0 Å². The van der Waals surface area contributed by atoms with E-state index in [1.807, 2.05) is 36.4 Å². The molecule has 4 N–H and O–H groups in total. The summed E-state index contributed by atoms with van der Waals surface area (Å²) in [6.07, 6.45) is 10.2. The van der Waals surface area contributed by atoms with Crippen molar-refractivity contribution in [3.63, 3.8) is 0 Å². The first-order valence-corrected chi connectivity index (χ1v) is 12.3. The van der Waals surface area contributed by atoms with Crippen molar-refractivity contribution < 1.29 is 13.2 Å². The zero-order chi connectivity index (χ0) is 22.8. The number of aryl methyl sites for hydroxylation is 1. The largest absolute Gasteiger partial charge is 0.384 e. The van der Waals surface area contributed by atoms with Crippen LogP contribution in [0.2, 0.25) is 0 Å². The summed E-state index contributed by atoms with van der Waals surface area (Å²) in [7, 11) is -2.05. The van der Waals surface area contributed by atoms with E-state index in [0.29, 0.717) is 50.2 Å². The smallest absolute Gasteiger partial charge is 0.218 e. The number of nitrogens with zero attached hydrogens (tertiary/aromatic N) is 3. The number of nitrogen functional groups attached to an aromatic ring is 1. The summed E-state index contributed by atoms with van der Waals surface area (Å²) < 4.78 is 31.0. The summed E-state index contributed by atoms with van der Waals surface area (Å²) in [5.41, 5.74) is 8.71. The van der Waals surface area contributed by atoms with Gasteiger partial charge in [0.05, 0.1) is 17.6 Å². The number of benzene rings is 1. The fraction of sp³-hybridized carbons (Fsp3) is 0.391. The maximum atomic E-state index is 12.3. The van der Waals surface area contributed by atoms with Crippen LogP contribution in [0.15, 0.2) is 48.6 Å². The lowest BCUT2D eigenvalue weighted by atomic mass is 9.93. The van der Waals surface area contributed by atoms with Crippen LogP contribution in [0.4, 0.5) is 5.82 Å². The second-order valence-corrected chi connectivity index (χ2v) is 10.1. The van der Waals surface area contributed by atoms with Crippen LogP contribution in [0.1, 0.15) is 31.5 Å². The molecular formula is C23H29N5O3S. The summed E-state index contributed by atoms with van der Waals surface area (Å²) in [5, 5.41) is 6.59. The molecule has 9 heteroatoms. The van der Waals surface area contributed by atoms with Crippen molar-refractivity contribution in [3.8, 4) is 0 Å². The van der Waals surface area contributed by atoms with Crippen molar-refractivity contribution >= 4 is 37.8 Å². The topological polar surface area (TPSA) is 126 Å². The molecule has 1 unspecified atom stereocenters. The van der Waals surface area contributed by atoms with E-state index in [2.05, 4.69) is 9.55 Å². The van der Waals surface area contributed by atoms with E-state index in [0.717, 1.165) is 28.7 Å². The van der Waals surface area contributed by atoms with Crippen molar-refractivity contribution in [2.24, 2.45) is 5.14 Å². The van der Waals surface area contributed by atoms with Crippen molar-refractivity contribution in [1.82, 2.24) is 14.5 Å². The van der Waals surface area contributed by atoms with Crippen LogP contribution < -0.4 is 10.9 Å². The number of pyridine rings is 1. The molecule has 1 atom stereocenters. The minimum Gasteiger partial charge on any atom is -0.384 e. The molecule has 2 aromatic heterocycles. The van der Waals surface area contributed by atoms with Crippen LogP contribution in [0, 0.1) is 0 Å². The first kappa shape index (κ1) is 22.4. The number of sulfonamides is 1. The van der Waals surface area contributed by atoms with Gasteiger partial charge in [-0.25, -0.2) is 23.5 Å². The minimum atomic E-state index is -3.71. The highest BCUT2D eigenvalue weighted by atomic mass is 32.2. The van der Waals surface area contributed by atoms with Gasteiger partial charge in [-0.2, -0.15) is 0 Å². The Morgan fingerprint density at radius 2 is 2.00 bits per heavy atom. The molecule has 1 aliphatic rings. The predicted molar refractivity (Wildman–Crippen MR) is 128 cm³/mol. The molecular weight excluding hydrogens is 426 g/mol. The van der Waals surface area contributed by atoms with E-state index in [9.17, 15) is 8.42 Å². The van der Waals surface area contributed by atoms with Gasteiger partial charge in [-0.3, -0.25) is 0 Å². The van der Waals surface area contributed by atoms with Crippen LogP contribution >= 0.6 is 0 Å². The average molecular weight is 456 g/mol. The van der Waals surface area contributed by atoms with Gasteiger partial charge in [-0.1, -0.05) is 42.5 Å². The number of aromatic nitrogens is 3.